The van der Waals surface area contributed by atoms with E-state index in [1.54, 1.807) is 0 Å². The van der Waals surface area contributed by atoms with E-state index in [9.17, 15) is 0 Å². The Labute approximate surface area is 135 Å². The van der Waals surface area contributed by atoms with E-state index in [4.69, 9.17) is 0 Å². The van der Waals surface area contributed by atoms with Gasteiger partial charge in [0, 0.05) is 19.7 Å². The highest BCUT2D eigenvalue weighted by atomic mass is 79.9. The van der Waals surface area contributed by atoms with Gasteiger partial charge in [-0.3, -0.25) is 9.67 Å². The van der Waals surface area contributed by atoms with Crippen LogP contribution in [0, 0.1) is 13.8 Å². The van der Waals surface area contributed by atoms with Crippen LogP contribution in [0.1, 0.15) is 42.0 Å². The van der Waals surface area contributed by atoms with Gasteiger partial charge in [-0.05, 0) is 54.4 Å². The lowest BCUT2D eigenvalue weighted by Crippen LogP contribution is -2.26. The highest BCUT2D eigenvalue weighted by molar-refractivity contribution is 9.10. The van der Waals surface area contributed by atoms with E-state index in [0.717, 1.165) is 35.2 Å². The summed E-state index contributed by atoms with van der Waals surface area (Å²) in [6.07, 6.45) is 3.84. The Kier molecular flexibility index (Phi) is 5.53. The molecule has 5 heteroatoms. The fraction of sp³-hybridized carbons (Fsp3) is 0.500. The Morgan fingerprint density at radius 1 is 1.38 bits per heavy atom. The summed E-state index contributed by atoms with van der Waals surface area (Å²) >= 11 is 3.66. The molecule has 2 aromatic rings. The molecule has 4 nitrogen and oxygen atoms in total. The van der Waals surface area contributed by atoms with Gasteiger partial charge in [-0.1, -0.05) is 13.0 Å². The molecular weight excluding hydrogens is 328 g/mol. The van der Waals surface area contributed by atoms with Crippen molar-refractivity contribution in [2.24, 2.45) is 7.05 Å². The second-order valence-electron chi connectivity index (χ2n) is 5.39. The molecule has 0 saturated carbocycles. The molecule has 1 N–H and O–H groups in total. The van der Waals surface area contributed by atoms with Crippen molar-refractivity contribution in [1.29, 1.82) is 0 Å². The smallest absolute Gasteiger partial charge is 0.0738 e. The zero-order valence-electron chi connectivity index (χ0n) is 13.2. The van der Waals surface area contributed by atoms with Crippen LogP contribution in [0.2, 0.25) is 0 Å². The molecule has 0 amide bonds. The molecule has 0 aliphatic carbocycles. The molecule has 0 aromatic carbocycles. The van der Waals surface area contributed by atoms with Crippen LogP contribution < -0.4 is 5.32 Å². The summed E-state index contributed by atoms with van der Waals surface area (Å²) < 4.78 is 3.06. The maximum absolute atomic E-state index is 4.59. The maximum Gasteiger partial charge on any atom is 0.0738 e. The quantitative estimate of drug-likeness (QED) is 0.867. The van der Waals surface area contributed by atoms with Crippen LogP contribution in [-0.4, -0.2) is 21.3 Å². The van der Waals surface area contributed by atoms with E-state index >= 15 is 0 Å². The van der Waals surface area contributed by atoms with Gasteiger partial charge in [-0.25, -0.2) is 0 Å². The Morgan fingerprint density at radius 3 is 2.71 bits per heavy atom. The molecule has 0 aliphatic heterocycles. The number of pyridine rings is 1. The number of rotatable bonds is 6. The van der Waals surface area contributed by atoms with Gasteiger partial charge in [0.2, 0.25) is 0 Å². The van der Waals surface area contributed by atoms with Crippen LogP contribution in [0.15, 0.2) is 22.8 Å². The molecule has 0 bridgehead atoms. The van der Waals surface area contributed by atoms with E-state index in [-0.39, 0.29) is 6.04 Å². The van der Waals surface area contributed by atoms with E-state index in [2.05, 4.69) is 51.2 Å². The Bertz CT molecular complexity index is 606. The summed E-state index contributed by atoms with van der Waals surface area (Å²) in [6, 6.07) is 4.31. The SMILES string of the molecule is CCCNC(Cc1c(Br)c(C)nn1C)c1ncccc1C. The zero-order chi connectivity index (χ0) is 15.4. The van der Waals surface area contributed by atoms with Crippen LogP contribution in [0.25, 0.3) is 0 Å². The number of hydrogen-bond donors (Lipinski definition) is 1. The van der Waals surface area contributed by atoms with Crippen molar-refractivity contribution >= 4 is 15.9 Å². The average molecular weight is 351 g/mol. The van der Waals surface area contributed by atoms with E-state index in [0.29, 0.717) is 0 Å². The predicted octanol–water partition coefficient (Wildman–Crippen LogP) is 3.48. The molecule has 21 heavy (non-hydrogen) atoms. The first kappa shape index (κ1) is 16.2. The standard InChI is InChI=1S/C16H23BrN4/c1-5-8-18-13(16-11(2)7-6-9-19-16)10-14-15(17)12(3)20-21(14)4/h6-7,9,13,18H,5,8,10H2,1-4H3. The summed E-state index contributed by atoms with van der Waals surface area (Å²) in [5.41, 5.74) is 4.57. The van der Waals surface area contributed by atoms with Crippen molar-refractivity contribution in [2.45, 2.75) is 39.7 Å². The van der Waals surface area contributed by atoms with Crippen LogP contribution in [0.5, 0.6) is 0 Å². The molecule has 0 saturated heterocycles. The molecule has 0 spiro atoms. The molecule has 114 valence electrons. The number of aromatic nitrogens is 3. The zero-order valence-corrected chi connectivity index (χ0v) is 14.7. The van der Waals surface area contributed by atoms with Crippen LogP contribution >= 0.6 is 15.9 Å². The van der Waals surface area contributed by atoms with Gasteiger partial charge in [0.05, 0.1) is 27.6 Å². The molecule has 0 radical (unpaired) electrons. The second kappa shape index (κ2) is 7.18. The third kappa shape index (κ3) is 3.71. The third-order valence-corrected chi connectivity index (χ3v) is 4.71. The van der Waals surface area contributed by atoms with Gasteiger partial charge in [-0.15, -0.1) is 0 Å². The first-order chi connectivity index (χ1) is 10.0. The lowest BCUT2D eigenvalue weighted by Gasteiger charge is -2.20. The predicted molar refractivity (Wildman–Crippen MR) is 89.4 cm³/mol. The fourth-order valence-corrected chi connectivity index (χ4v) is 3.04. The number of hydrogen-bond acceptors (Lipinski definition) is 3. The van der Waals surface area contributed by atoms with Gasteiger partial charge in [0.15, 0.2) is 0 Å². The van der Waals surface area contributed by atoms with E-state index < -0.39 is 0 Å². The maximum atomic E-state index is 4.59. The Hall–Kier alpha value is -1.20. The molecule has 2 heterocycles. The number of aryl methyl sites for hydroxylation is 3. The van der Waals surface area contributed by atoms with Crippen LogP contribution in [0.3, 0.4) is 0 Å². The molecular formula is C16H23BrN4. The average Bonchev–Trinajstić information content (AvgIpc) is 2.70. The first-order valence-corrected chi connectivity index (χ1v) is 8.16. The van der Waals surface area contributed by atoms with Crippen LogP contribution in [-0.2, 0) is 13.5 Å². The second-order valence-corrected chi connectivity index (χ2v) is 6.18. The van der Waals surface area contributed by atoms with E-state index in [1.807, 2.05) is 30.9 Å². The Balaban J connectivity index is 2.31. The molecule has 1 unspecified atom stereocenters. The fourth-order valence-electron chi connectivity index (χ4n) is 2.54. The van der Waals surface area contributed by atoms with Gasteiger partial charge < -0.3 is 5.32 Å². The highest BCUT2D eigenvalue weighted by Crippen LogP contribution is 2.26. The topological polar surface area (TPSA) is 42.7 Å². The summed E-state index contributed by atoms with van der Waals surface area (Å²) in [5.74, 6) is 0. The van der Waals surface area contributed by atoms with Crippen LogP contribution in [0.4, 0.5) is 0 Å². The van der Waals surface area contributed by atoms with Gasteiger partial charge in [0.25, 0.3) is 0 Å². The molecule has 2 rings (SSSR count). The normalized spacial score (nSPS) is 12.6. The minimum Gasteiger partial charge on any atom is -0.308 e. The van der Waals surface area contributed by atoms with Crippen molar-refractivity contribution < 1.29 is 0 Å². The first-order valence-electron chi connectivity index (χ1n) is 7.37. The summed E-state index contributed by atoms with van der Waals surface area (Å²) in [6.45, 7) is 7.30. The molecule has 1 atom stereocenters. The summed E-state index contributed by atoms with van der Waals surface area (Å²) in [4.78, 5) is 4.59. The van der Waals surface area contributed by atoms with Gasteiger partial charge >= 0.3 is 0 Å². The monoisotopic (exact) mass is 350 g/mol. The largest absolute Gasteiger partial charge is 0.308 e. The molecule has 0 fully saturated rings. The van der Waals surface area contributed by atoms with Crippen molar-refractivity contribution in [2.75, 3.05) is 6.54 Å². The van der Waals surface area contributed by atoms with Gasteiger partial charge in [-0.2, -0.15) is 5.10 Å². The third-order valence-electron chi connectivity index (χ3n) is 3.68. The summed E-state index contributed by atoms with van der Waals surface area (Å²) in [7, 11) is 2.00. The van der Waals surface area contributed by atoms with Gasteiger partial charge in [0.1, 0.15) is 0 Å². The molecule has 2 aromatic heterocycles. The number of nitrogens with one attached hydrogen (secondary N) is 1. The summed E-state index contributed by atoms with van der Waals surface area (Å²) in [5, 5.41) is 8.10. The van der Waals surface area contributed by atoms with Crippen molar-refractivity contribution in [3.63, 3.8) is 0 Å². The molecule has 0 aliphatic rings. The van der Waals surface area contributed by atoms with Crippen molar-refractivity contribution in [3.05, 3.63) is 45.4 Å². The number of nitrogens with zero attached hydrogens (tertiary/aromatic N) is 3. The minimum atomic E-state index is 0.206. The van der Waals surface area contributed by atoms with Crippen molar-refractivity contribution in [3.8, 4) is 0 Å². The van der Waals surface area contributed by atoms with E-state index in [1.165, 1.54) is 11.3 Å². The lowest BCUT2D eigenvalue weighted by molar-refractivity contribution is 0.499. The lowest BCUT2D eigenvalue weighted by atomic mass is 10.0. The highest BCUT2D eigenvalue weighted by Gasteiger charge is 2.20. The Morgan fingerprint density at radius 2 is 2.14 bits per heavy atom. The van der Waals surface area contributed by atoms with Crippen molar-refractivity contribution in [1.82, 2.24) is 20.1 Å². The minimum absolute atomic E-state index is 0.206. The number of halogens is 1.